The van der Waals surface area contributed by atoms with E-state index in [-0.39, 0.29) is 18.4 Å². The number of likely N-dealkylation sites (N-methyl/N-ethyl adjacent to an activating group) is 1. The second-order valence-electron chi connectivity index (χ2n) is 5.31. The molecule has 0 aliphatic carbocycles. The van der Waals surface area contributed by atoms with Gasteiger partial charge in [-0.25, -0.2) is 0 Å². The van der Waals surface area contributed by atoms with E-state index in [1.807, 2.05) is 6.07 Å². The molecule has 0 saturated heterocycles. The lowest BCUT2D eigenvalue weighted by atomic mass is 10.2. The summed E-state index contributed by atoms with van der Waals surface area (Å²) in [4.78, 5) is 25.6. The van der Waals surface area contributed by atoms with Crippen LogP contribution in [0.4, 0.5) is 0 Å². The predicted molar refractivity (Wildman–Crippen MR) is 101 cm³/mol. The summed E-state index contributed by atoms with van der Waals surface area (Å²) in [6, 6.07) is 14.0. The number of rotatable bonds is 7. The number of hydrogen-bond donors (Lipinski definition) is 1. The van der Waals surface area contributed by atoms with E-state index < -0.39 is 0 Å². The SMILES string of the molecule is CN(CCOc1cccc(Cl)c1)C(=O)CNC(=O)c1cccc(Br)c1. The molecule has 2 aromatic carbocycles. The van der Waals surface area contributed by atoms with Crippen molar-refractivity contribution in [2.24, 2.45) is 0 Å². The first kappa shape index (κ1) is 19.3. The summed E-state index contributed by atoms with van der Waals surface area (Å²) in [7, 11) is 1.66. The van der Waals surface area contributed by atoms with Gasteiger partial charge in [0.1, 0.15) is 12.4 Å². The maximum absolute atomic E-state index is 12.1. The van der Waals surface area contributed by atoms with Gasteiger partial charge in [0.15, 0.2) is 0 Å². The van der Waals surface area contributed by atoms with E-state index in [1.54, 1.807) is 49.5 Å². The zero-order chi connectivity index (χ0) is 18.2. The largest absolute Gasteiger partial charge is 0.492 e. The summed E-state index contributed by atoms with van der Waals surface area (Å²) < 4.78 is 6.35. The quantitative estimate of drug-likeness (QED) is 0.740. The molecule has 132 valence electrons. The average Bonchev–Trinajstić information content (AvgIpc) is 2.59. The van der Waals surface area contributed by atoms with E-state index in [0.717, 1.165) is 4.47 Å². The maximum atomic E-state index is 12.1. The zero-order valence-electron chi connectivity index (χ0n) is 13.7. The van der Waals surface area contributed by atoms with Crippen LogP contribution in [0.3, 0.4) is 0 Å². The van der Waals surface area contributed by atoms with Crippen LogP contribution in [0, 0.1) is 0 Å². The Balaban J connectivity index is 1.73. The van der Waals surface area contributed by atoms with Gasteiger partial charge in [-0.05, 0) is 36.4 Å². The molecule has 0 saturated carbocycles. The van der Waals surface area contributed by atoms with Crippen molar-refractivity contribution in [3.63, 3.8) is 0 Å². The minimum Gasteiger partial charge on any atom is -0.492 e. The fraction of sp³-hybridized carbons (Fsp3) is 0.222. The van der Waals surface area contributed by atoms with Crippen LogP contribution in [0.25, 0.3) is 0 Å². The second-order valence-corrected chi connectivity index (χ2v) is 6.67. The minimum atomic E-state index is -0.293. The third kappa shape index (κ3) is 6.40. The molecule has 0 atom stereocenters. The summed E-state index contributed by atoms with van der Waals surface area (Å²) >= 11 is 9.19. The molecular formula is C18H18BrClN2O3. The molecule has 0 radical (unpaired) electrons. The third-order valence-electron chi connectivity index (χ3n) is 3.40. The molecule has 1 N–H and O–H groups in total. The standard InChI is InChI=1S/C18H18BrClN2O3/c1-22(8-9-25-16-7-3-6-15(20)11-16)17(23)12-21-18(24)13-4-2-5-14(19)10-13/h2-7,10-11H,8-9,12H2,1H3,(H,21,24). The van der Waals surface area contributed by atoms with E-state index in [0.29, 0.717) is 29.5 Å². The molecule has 0 aromatic heterocycles. The second kappa shape index (κ2) is 9.44. The van der Waals surface area contributed by atoms with Gasteiger partial charge in [-0.15, -0.1) is 0 Å². The van der Waals surface area contributed by atoms with Crippen molar-refractivity contribution in [1.82, 2.24) is 10.2 Å². The smallest absolute Gasteiger partial charge is 0.251 e. The Bertz CT molecular complexity index is 755. The lowest BCUT2D eigenvalue weighted by Crippen LogP contribution is -2.39. The van der Waals surface area contributed by atoms with Gasteiger partial charge < -0.3 is 15.0 Å². The Morgan fingerprint density at radius 1 is 1.20 bits per heavy atom. The van der Waals surface area contributed by atoms with Crippen molar-refractivity contribution in [3.8, 4) is 5.75 Å². The van der Waals surface area contributed by atoms with Gasteiger partial charge in [0, 0.05) is 22.1 Å². The molecule has 0 unspecified atom stereocenters. The topological polar surface area (TPSA) is 58.6 Å². The summed E-state index contributed by atoms with van der Waals surface area (Å²) in [6.45, 7) is 0.666. The summed E-state index contributed by atoms with van der Waals surface area (Å²) in [5.74, 6) is 0.160. The van der Waals surface area contributed by atoms with Gasteiger partial charge in [0.2, 0.25) is 5.91 Å². The number of benzene rings is 2. The van der Waals surface area contributed by atoms with Crippen molar-refractivity contribution in [3.05, 3.63) is 63.6 Å². The van der Waals surface area contributed by atoms with Crippen molar-refractivity contribution in [2.75, 3.05) is 26.7 Å². The molecule has 7 heteroatoms. The van der Waals surface area contributed by atoms with Crippen LogP contribution >= 0.6 is 27.5 Å². The number of amides is 2. The number of ether oxygens (including phenoxy) is 1. The number of carbonyl (C=O) groups excluding carboxylic acids is 2. The van der Waals surface area contributed by atoms with Gasteiger partial charge >= 0.3 is 0 Å². The van der Waals surface area contributed by atoms with Crippen LogP contribution in [-0.2, 0) is 4.79 Å². The number of carbonyl (C=O) groups is 2. The first-order valence-corrected chi connectivity index (χ1v) is 8.79. The summed E-state index contributed by atoms with van der Waals surface area (Å²) in [5, 5.41) is 3.21. The van der Waals surface area contributed by atoms with Gasteiger partial charge in [-0.2, -0.15) is 0 Å². The maximum Gasteiger partial charge on any atom is 0.251 e. The highest BCUT2D eigenvalue weighted by Crippen LogP contribution is 2.16. The molecule has 0 fully saturated rings. The molecule has 0 aliphatic heterocycles. The first-order valence-electron chi connectivity index (χ1n) is 7.62. The number of hydrogen-bond acceptors (Lipinski definition) is 3. The normalized spacial score (nSPS) is 10.2. The van der Waals surface area contributed by atoms with Crippen molar-refractivity contribution in [1.29, 1.82) is 0 Å². The zero-order valence-corrected chi connectivity index (χ0v) is 16.0. The lowest BCUT2D eigenvalue weighted by molar-refractivity contribution is -0.129. The average molecular weight is 426 g/mol. The van der Waals surface area contributed by atoms with Crippen molar-refractivity contribution < 1.29 is 14.3 Å². The molecule has 25 heavy (non-hydrogen) atoms. The van der Waals surface area contributed by atoms with Crippen LogP contribution in [0.2, 0.25) is 5.02 Å². The molecule has 2 aromatic rings. The molecule has 2 amide bonds. The Kier molecular flexibility index (Phi) is 7.28. The Hall–Kier alpha value is -2.05. The Labute approximate surface area is 160 Å². The highest BCUT2D eigenvalue weighted by Gasteiger charge is 2.12. The van der Waals surface area contributed by atoms with Gasteiger partial charge in [0.25, 0.3) is 5.91 Å². The summed E-state index contributed by atoms with van der Waals surface area (Å²) in [6.07, 6.45) is 0. The molecule has 0 heterocycles. The van der Waals surface area contributed by atoms with E-state index >= 15 is 0 Å². The molecule has 0 bridgehead atoms. The molecule has 2 rings (SSSR count). The van der Waals surface area contributed by atoms with Crippen molar-refractivity contribution >= 4 is 39.3 Å². The van der Waals surface area contributed by atoms with Crippen LogP contribution in [0.5, 0.6) is 5.75 Å². The first-order chi connectivity index (χ1) is 12.0. The molecule has 0 spiro atoms. The van der Waals surface area contributed by atoms with E-state index in [1.165, 1.54) is 4.90 Å². The highest BCUT2D eigenvalue weighted by atomic mass is 79.9. The van der Waals surface area contributed by atoms with Crippen LogP contribution in [-0.4, -0.2) is 43.5 Å². The third-order valence-corrected chi connectivity index (χ3v) is 4.13. The van der Waals surface area contributed by atoms with Gasteiger partial charge in [-0.3, -0.25) is 9.59 Å². The number of halogens is 2. The molecule has 0 aliphatic rings. The lowest BCUT2D eigenvalue weighted by Gasteiger charge is -2.18. The fourth-order valence-corrected chi connectivity index (χ4v) is 2.58. The van der Waals surface area contributed by atoms with Crippen LogP contribution in [0.1, 0.15) is 10.4 Å². The van der Waals surface area contributed by atoms with E-state index in [2.05, 4.69) is 21.2 Å². The number of nitrogens with one attached hydrogen (secondary N) is 1. The monoisotopic (exact) mass is 424 g/mol. The van der Waals surface area contributed by atoms with Crippen LogP contribution < -0.4 is 10.1 Å². The number of nitrogens with zero attached hydrogens (tertiary/aromatic N) is 1. The van der Waals surface area contributed by atoms with E-state index in [9.17, 15) is 9.59 Å². The Morgan fingerprint density at radius 3 is 2.68 bits per heavy atom. The van der Waals surface area contributed by atoms with Crippen molar-refractivity contribution in [2.45, 2.75) is 0 Å². The Morgan fingerprint density at radius 2 is 1.96 bits per heavy atom. The van der Waals surface area contributed by atoms with E-state index in [4.69, 9.17) is 16.3 Å². The molecule has 5 nitrogen and oxygen atoms in total. The summed E-state index contributed by atoms with van der Waals surface area (Å²) in [5.41, 5.74) is 0.495. The minimum absolute atomic E-state index is 0.0704. The molecular weight excluding hydrogens is 408 g/mol. The highest BCUT2D eigenvalue weighted by molar-refractivity contribution is 9.10. The van der Waals surface area contributed by atoms with Gasteiger partial charge in [-0.1, -0.05) is 39.7 Å². The van der Waals surface area contributed by atoms with Gasteiger partial charge in [0.05, 0.1) is 13.1 Å². The van der Waals surface area contributed by atoms with Crippen LogP contribution in [0.15, 0.2) is 53.0 Å². The predicted octanol–water partition coefficient (Wildman–Crippen LogP) is 3.37. The fourth-order valence-electron chi connectivity index (χ4n) is 2.00.